The van der Waals surface area contributed by atoms with Gasteiger partial charge in [-0.1, -0.05) is 86.2 Å². The smallest absolute Gasteiger partial charge is 0.254 e. The molecular weight excluding hydrogens is 444 g/mol. The van der Waals surface area contributed by atoms with E-state index in [1.165, 1.54) is 5.56 Å². The van der Waals surface area contributed by atoms with E-state index in [4.69, 9.17) is 0 Å². The first-order chi connectivity index (χ1) is 17.7. The summed E-state index contributed by atoms with van der Waals surface area (Å²) in [6, 6.07) is 24.5. The Balaban J connectivity index is 1.47. The molecule has 0 saturated carbocycles. The molecule has 4 rings (SSSR count). The number of unbranched alkanes of at least 4 members (excludes halogenated alkanes) is 1. The summed E-state index contributed by atoms with van der Waals surface area (Å²) in [4.78, 5) is 22.2. The Morgan fingerprint density at radius 1 is 0.944 bits per heavy atom. The first-order valence-corrected chi connectivity index (χ1v) is 12.9. The number of benzene rings is 3. The van der Waals surface area contributed by atoms with E-state index in [1.54, 1.807) is 0 Å². The van der Waals surface area contributed by atoms with E-state index in [2.05, 4.69) is 77.0 Å². The maximum Gasteiger partial charge on any atom is 0.254 e. The van der Waals surface area contributed by atoms with Crippen molar-refractivity contribution in [3.8, 4) is 0 Å². The largest absolute Gasteiger partial charge is 0.370 e. The minimum Gasteiger partial charge on any atom is -0.370 e. The van der Waals surface area contributed by atoms with Gasteiger partial charge in [-0.3, -0.25) is 4.79 Å². The molecule has 1 aromatic heterocycles. The average molecular weight is 481 g/mol. The number of amides is 1. The van der Waals surface area contributed by atoms with Gasteiger partial charge in [-0.15, -0.1) is 0 Å². The zero-order chi connectivity index (χ0) is 25.2. The van der Waals surface area contributed by atoms with Crippen LogP contribution >= 0.6 is 0 Å². The molecule has 36 heavy (non-hydrogen) atoms. The van der Waals surface area contributed by atoms with E-state index in [0.29, 0.717) is 13.1 Å². The molecule has 1 heterocycles. The molecule has 0 atom stereocenters. The lowest BCUT2D eigenvalue weighted by Gasteiger charge is -2.27. The fourth-order valence-electron chi connectivity index (χ4n) is 4.44. The van der Waals surface area contributed by atoms with Crippen LogP contribution in [-0.2, 0) is 13.1 Å². The predicted molar refractivity (Wildman–Crippen MR) is 148 cm³/mol. The molecule has 3 aromatic carbocycles. The Morgan fingerprint density at radius 3 is 2.53 bits per heavy atom. The van der Waals surface area contributed by atoms with Crippen molar-refractivity contribution in [3.05, 3.63) is 114 Å². The highest BCUT2D eigenvalue weighted by Crippen LogP contribution is 2.20. The van der Waals surface area contributed by atoms with E-state index >= 15 is 0 Å². The zero-order valence-electron chi connectivity index (χ0n) is 21.4. The second kappa shape index (κ2) is 12.7. The number of carbonyl (C=O) groups is 1. The van der Waals surface area contributed by atoms with Crippen LogP contribution in [0.5, 0.6) is 0 Å². The molecule has 0 saturated heterocycles. The molecule has 5 heteroatoms. The van der Waals surface area contributed by atoms with Crippen molar-refractivity contribution < 1.29 is 4.79 Å². The summed E-state index contributed by atoms with van der Waals surface area (Å²) in [6.45, 7) is 7.85. The number of nitrogens with zero attached hydrogens (tertiary/aromatic N) is 4. The summed E-state index contributed by atoms with van der Waals surface area (Å²) in [5.41, 5.74) is 3.18. The molecule has 0 radical (unpaired) electrons. The van der Waals surface area contributed by atoms with Gasteiger partial charge in [0.2, 0.25) is 0 Å². The van der Waals surface area contributed by atoms with Gasteiger partial charge < -0.3 is 14.4 Å². The van der Waals surface area contributed by atoms with Crippen molar-refractivity contribution in [2.75, 3.05) is 19.6 Å². The Morgan fingerprint density at radius 2 is 1.72 bits per heavy atom. The fraction of sp³-hybridized carbons (Fsp3) is 0.290. The number of imidazole rings is 1. The third-order valence-electron chi connectivity index (χ3n) is 6.48. The molecule has 0 bridgehead atoms. The first kappa shape index (κ1) is 25.2. The summed E-state index contributed by atoms with van der Waals surface area (Å²) >= 11 is 0. The van der Waals surface area contributed by atoms with Crippen molar-refractivity contribution >= 4 is 16.7 Å². The summed E-state index contributed by atoms with van der Waals surface area (Å²) in [5.74, 6) is 0.0842. The van der Waals surface area contributed by atoms with Gasteiger partial charge in [0.15, 0.2) is 0 Å². The van der Waals surface area contributed by atoms with E-state index in [1.807, 2.05) is 53.8 Å². The average Bonchev–Trinajstić information content (AvgIpc) is 3.35. The lowest BCUT2D eigenvalue weighted by Crippen LogP contribution is -2.37. The van der Waals surface area contributed by atoms with Gasteiger partial charge in [0, 0.05) is 37.9 Å². The molecule has 0 aliphatic carbocycles. The lowest BCUT2D eigenvalue weighted by molar-refractivity contribution is 0.0754. The van der Waals surface area contributed by atoms with E-state index in [-0.39, 0.29) is 5.91 Å². The van der Waals surface area contributed by atoms with Crippen LogP contribution in [0.3, 0.4) is 0 Å². The van der Waals surface area contributed by atoms with Crippen LogP contribution in [0.1, 0.15) is 48.3 Å². The van der Waals surface area contributed by atoms with E-state index in [0.717, 1.165) is 54.5 Å². The molecule has 4 aromatic rings. The number of aromatic nitrogens is 2. The van der Waals surface area contributed by atoms with Crippen LogP contribution in [0, 0.1) is 0 Å². The van der Waals surface area contributed by atoms with Gasteiger partial charge in [0.1, 0.15) is 0 Å². The molecule has 0 fully saturated rings. The zero-order valence-corrected chi connectivity index (χ0v) is 21.4. The SMILES string of the molecule is CCC/C=C/N(CCN(CC)C(=O)c1cccc2ccccc12)Cc1cncn1Cc1ccccc1. The molecular formula is C31H36N4O. The van der Waals surface area contributed by atoms with E-state index in [9.17, 15) is 4.79 Å². The molecule has 1 amide bonds. The highest BCUT2D eigenvalue weighted by atomic mass is 16.2. The minimum atomic E-state index is 0.0842. The van der Waals surface area contributed by atoms with Gasteiger partial charge >= 0.3 is 0 Å². The van der Waals surface area contributed by atoms with Crippen molar-refractivity contribution in [1.82, 2.24) is 19.4 Å². The van der Waals surface area contributed by atoms with Crippen molar-refractivity contribution in [2.45, 2.75) is 39.8 Å². The Hall–Kier alpha value is -3.86. The van der Waals surface area contributed by atoms with Crippen LogP contribution in [-0.4, -0.2) is 44.9 Å². The highest BCUT2D eigenvalue weighted by Gasteiger charge is 2.17. The van der Waals surface area contributed by atoms with Crippen LogP contribution in [0.25, 0.3) is 10.8 Å². The quantitative estimate of drug-likeness (QED) is 0.237. The molecule has 0 aliphatic rings. The number of fused-ring (bicyclic) bond motifs is 1. The van der Waals surface area contributed by atoms with Crippen LogP contribution < -0.4 is 0 Å². The number of rotatable bonds is 12. The second-order valence-corrected chi connectivity index (χ2v) is 9.05. The van der Waals surface area contributed by atoms with Gasteiger partial charge in [-0.25, -0.2) is 4.98 Å². The van der Waals surface area contributed by atoms with Crippen LogP contribution in [0.15, 0.2) is 97.6 Å². The summed E-state index contributed by atoms with van der Waals surface area (Å²) < 4.78 is 2.20. The standard InChI is InChI=1S/C31H36N4O/c1-3-5-11-19-33(24-28-22-32-25-35(28)23-26-13-7-6-8-14-26)20-21-34(4-2)31(36)30-18-12-16-27-15-9-10-17-29(27)30/h6-19,22,25H,3-5,20-21,23-24H2,1-2H3/b19-11+. The minimum absolute atomic E-state index is 0.0842. The van der Waals surface area contributed by atoms with Crippen molar-refractivity contribution in [1.29, 1.82) is 0 Å². The third-order valence-corrected chi connectivity index (χ3v) is 6.48. The summed E-state index contributed by atoms with van der Waals surface area (Å²) in [6.07, 6.45) is 10.4. The summed E-state index contributed by atoms with van der Waals surface area (Å²) in [7, 11) is 0. The van der Waals surface area contributed by atoms with Gasteiger partial charge in [-0.05, 0) is 41.9 Å². The number of allylic oxidation sites excluding steroid dienone is 1. The normalized spacial score (nSPS) is 11.3. The molecule has 0 unspecified atom stereocenters. The molecule has 186 valence electrons. The molecule has 0 aliphatic heterocycles. The lowest BCUT2D eigenvalue weighted by atomic mass is 10.0. The van der Waals surface area contributed by atoms with Crippen LogP contribution in [0.4, 0.5) is 0 Å². The van der Waals surface area contributed by atoms with Crippen LogP contribution in [0.2, 0.25) is 0 Å². The van der Waals surface area contributed by atoms with Gasteiger partial charge in [-0.2, -0.15) is 0 Å². The maximum atomic E-state index is 13.5. The fourth-order valence-corrected chi connectivity index (χ4v) is 4.44. The van der Waals surface area contributed by atoms with Crippen molar-refractivity contribution in [2.24, 2.45) is 0 Å². The van der Waals surface area contributed by atoms with Crippen molar-refractivity contribution in [3.63, 3.8) is 0 Å². The molecule has 5 nitrogen and oxygen atoms in total. The molecule has 0 spiro atoms. The monoisotopic (exact) mass is 480 g/mol. The predicted octanol–water partition coefficient (Wildman–Crippen LogP) is 6.36. The Bertz CT molecular complexity index is 1270. The topological polar surface area (TPSA) is 41.4 Å². The number of hydrogen-bond acceptors (Lipinski definition) is 3. The van der Waals surface area contributed by atoms with Gasteiger partial charge in [0.25, 0.3) is 5.91 Å². The Kier molecular flexibility index (Phi) is 8.92. The third kappa shape index (κ3) is 6.42. The Labute approximate surface area is 214 Å². The maximum absolute atomic E-state index is 13.5. The summed E-state index contributed by atoms with van der Waals surface area (Å²) in [5, 5.41) is 2.10. The number of carbonyl (C=O) groups excluding carboxylic acids is 1. The highest BCUT2D eigenvalue weighted by molar-refractivity contribution is 6.07. The number of likely N-dealkylation sites (N-methyl/N-ethyl adjacent to an activating group) is 1. The molecule has 0 N–H and O–H groups in total. The second-order valence-electron chi connectivity index (χ2n) is 9.05. The van der Waals surface area contributed by atoms with E-state index < -0.39 is 0 Å². The number of hydrogen-bond donors (Lipinski definition) is 0. The first-order valence-electron chi connectivity index (χ1n) is 12.9. The van der Waals surface area contributed by atoms with Gasteiger partial charge in [0.05, 0.1) is 18.6 Å².